The van der Waals surface area contributed by atoms with Crippen LogP contribution in [0.2, 0.25) is 0 Å². The third kappa shape index (κ3) is 3.29. The SMILES string of the molecule is Cc1ccc(-c2cccc(C=NNc3nc(N)cs3)c2)o1. The summed E-state index contributed by atoms with van der Waals surface area (Å²) in [5, 5.41) is 6.58. The molecular formula is C15H14N4OS. The molecule has 21 heavy (non-hydrogen) atoms. The molecule has 1 aromatic carbocycles. The number of aromatic nitrogens is 1. The molecule has 0 aliphatic carbocycles. The van der Waals surface area contributed by atoms with Gasteiger partial charge in [0.05, 0.1) is 6.21 Å². The number of aryl methyl sites for hydroxylation is 1. The second-order valence-electron chi connectivity index (χ2n) is 4.48. The number of thiazole rings is 1. The van der Waals surface area contributed by atoms with Crippen LogP contribution >= 0.6 is 11.3 Å². The zero-order chi connectivity index (χ0) is 14.7. The highest BCUT2D eigenvalue weighted by atomic mass is 32.1. The van der Waals surface area contributed by atoms with Crippen LogP contribution < -0.4 is 11.2 Å². The fraction of sp³-hybridized carbons (Fsp3) is 0.0667. The number of hydrogen-bond donors (Lipinski definition) is 2. The van der Waals surface area contributed by atoms with Crippen molar-refractivity contribution in [1.82, 2.24) is 4.98 Å². The number of nitrogens with zero attached hydrogens (tertiary/aromatic N) is 2. The second kappa shape index (κ2) is 5.80. The first-order valence-corrected chi connectivity index (χ1v) is 7.25. The van der Waals surface area contributed by atoms with Crippen LogP contribution in [0.25, 0.3) is 11.3 Å². The second-order valence-corrected chi connectivity index (χ2v) is 5.34. The van der Waals surface area contributed by atoms with E-state index in [0.717, 1.165) is 22.6 Å². The molecule has 0 spiro atoms. The van der Waals surface area contributed by atoms with Crippen molar-refractivity contribution in [3.8, 4) is 11.3 Å². The molecule has 0 saturated carbocycles. The van der Waals surface area contributed by atoms with Gasteiger partial charge in [-0.1, -0.05) is 18.2 Å². The van der Waals surface area contributed by atoms with E-state index in [-0.39, 0.29) is 0 Å². The number of nitrogen functional groups attached to an aromatic ring is 1. The zero-order valence-corrected chi connectivity index (χ0v) is 12.2. The Bertz CT molecular complexity index is 775. The van der Waals surface area contributed by atoms with E-state index in [9.17, 15) is 0 Å². The van der Waals surface area contributed by atoms with Gasteiger partial charge >= 0.3 is 0 Å². The summed E-state index contributed by atoms with van der Waals surface area (Å²) in [4.78, 5) is 4.07. The van der Waals surface area contributed by atoms with Gasteiger partial charge in [0.25, 0.3) is 0 Å². The lowest BCUT2D eigenvalue weighted by Gasteiger charge is -1.99. The van der Waals surface area contributed by atoms with Crippen LogP contribution in [0.15, 0.2) is 51.3 Å². The molecule has 0 atom stereocenters. The van der Waals surface area contributed by atoms with Crippen molar-refractivity contribution in [3.05, 3.63) is 53.1 Å². The number of hydrazone groups is 1. The van der Waals surface area contributed by atoms with E-state index in [4.69, 9.17) is 10.2 Å². The molecule has 0 aliphatic heterocycles. The summed E-state index contributed by atoms with van der Waals surface area (Å²) in [6.07, 6.45) is 1.73. The first-order chi connectivity index (χ1) is 10.2. The Balaban J connectivity index is 1.74. The fourth-order valence-electron chi connectivity index (χ4n) is 1.86. The Morgan fingerprint density at radius 2 is 2.24 bits per heavy atom. The molecule has 0 saturated heterocycles. The number of furan rings is 1. The lowest BCUT2D eigenvalue weighted by molar-refractivity contribution is 0.548. The summed E-state index contributed by atoms with van der Waals surface area (Å²) in [6, 6.07) is 11.9. The molecule has 0 radical (unpaired) electrons. The Morgan fingerprint density at radius 3 is 2.95 bits per heavy atom. The molecule has 0 unspecified atom stereocenters. The van der Waals surface area contributed by atoms with Crippen LogP contribution in [-0.2, 0) is 0 Å². The van der Waals surface area contributed by atoms with Crippen LogP contribution in [0.4, 0.5) is 10.9 Å². The predicted octanol–water partition coefficient (Wildman–Crippen LogP) is 3.74. The smallest absolute Gasteiger partial charge is 0.205 e. The van der Waals surface area contributed by atoms with Crippen molar-refractivity contribution in [2.24, 2.45) is 5.10 Å². The third-order valence-electron chi connectivity index (χ3n) is 2.81. The van der Waals surface area contributed by atoms with E-state index < -0.39 is 0 Å². The molecule has 3 rings (SSSR count). The molecule has 3 aromatic rings. The van der Waals surface area contributed by atoms with Gasteiger partial charge in [0.15, 0.2) is 0 Å². The molecule has 0 aliphatic rings. The molecule has 2 aromatic heterocycles. The van der Waals surface area contributed by atoms with Crippen molar-refractivity contribution < 1.29 is 4.42 Å². The standard InChI is InChI=1S/C15H14N4OS/c1-10-5-6-13(20-10)12-4-2-3-11(7-12)8-17-19-15-18-14(16)9-21-15/h2-9H,16H2,1H3,(H,18,19). The highest BCUT2D eigenvalue weighted by molar-refractivity contribution is 7.14. The van der Waals surface area contributed by atoms with Gasteiger partial charge in [-0.25, -0.2) is 4.98 Å². The molecule has 2 heterocycles. The fourth-order valence-corrected chi connectivity index (χ4v) is 2.41. The number of benzene rings is 1. The number of anilines is 2. The summed E-state index contributed by atoms with van der Waals surface area (Å²) in [6.45, 7) is 1.93. The molecule has 0 amide bonds. The van der Waals surface area contributed by atoms with Crippen LogP contribution in [0.5, 0.6) is 0 Å². The summed E-state index contributed by atoms with van der Waals surface area (Å²) < 4.78 is 5.62. The van der Waals surface area contributed by atoms with Crippen molar-refractivity contribution in [2.75, 3.05) is 11.2 Å². The third-order valence-corrected chi connectivity index (χ3v) is 3.57. The first kappa shape index (κ1) is 13.4. The van der Waals surface area contributed by atoms with Crippen molar-refractivity contribution in [3.63, 3.8) is 0 Å². The van der Waals surface area contributed by atoms with Crippen molar-refractivity contribution >= 4 is 28.5 Å². The van der Waals surface area contributed by atoms with Gasteiger partial charge in [0.1, 0.15) is 17.3 Å². The molecule has 0 bridgehead atoms. The molecule has 6 heteroatoms. The van der Waals surface area contributed by atoms with Crippen molar-refractivity contribution in [2.45, 2.75) is 6.92 Å². The maximum atomic E-state index is 5.62. The first-order valence-electron chi connectivity index (χ1n) is 6.38. The molecule has 5 nitrogen and oxygen atoms in total. The van der Waals surface area contributed by atoms with E-state index in [0.29, 0.717) is 10.9 Å². The van der Waals surface area contributed by atoms with Gasteiger partial charge in [-0.2, -0.15) is 5.10 Å². The van der Waals surface area contributed by atoms with Gasteiger partial charge in [0.2, 0.25) is 5.13 Å². The van der Waals surface area contributed by atoms with E-state index in [1.165, 1.54) is 11.3 Å². The minimum absolute atomic E-state index is 0.493. The van der Waals surface area contributed by atoms with Crippen LogP contribution in [0.1, 0.15) is 11.3 Å². The predicted molar refractivity (Wildman–Crippen MR) is 86.6 cm³/mol. The topological polar surface area (TPSA) is 76.4 Å². The van der Waals surface area contributed by atoms with E-state index >= 15 is 0 Å². The molecule has 0 fully saturated rings. The summed E-state index contributed by atoms with van der Waals surface area (Å²) in [5.74, 6) is 2.24. The monoisotopic (exact) mass is 298 g/mol. The van der Waals surface area contributed by atoms with Gasteiger partial charge in [-0.15, -0.1) is 11.3 Å². The van der Waals surface area contributed by atoms with Gasteiger partial charge < -0.3 is 10.2 Å². The average molecular weight is 298 g/mol. The molecular weight excluding hydrogens is 284 g/mol. The highest BCUT2D eigenvalue weighted by Crippen LogP contribution is 2.22. The van der Waals surface area contributed by atoms with Crippen LogP contribution in [0, 0.1) is 6.92 Å². The molecule has 106 valence electrons. The molecule has 3 N–H and O–H groups in total. The number of rotatable bonds is 4. The lowest BCUT2D eigenvalue weighted by Crippen LogP contribution is -1.91. The highest BCUT2D eigenvalue weighted by Gasteiger charge is 2.02. The summed E-state index contributed by atoms with van der Waals surface area (Å²) in [5.41, 5.74) is 10.4. The van der Waals surface area contributed by atoms with Crippen molar-refractivity contribution in [1.29, 1.82) is 0 Å². The quantitative estimate of drug-likeness (QED) is 0.568. The van der Waals surface area contributed by atoms with E-state index in [1.54, 1.807) is 11.6 Å². The Morgan fingerprint density at radius 1 is 1.33 bits per heavy atom. The van der Waals surface area contributed by atoms with E-state index in [1.807, 2.05) is 43.3 Å². The Hall–Kier alpha value is -2.60. The van der Waals surface area contributed by atoms with Crippen LogP contribution in [-0.4, -0.2) is 11.2 Å². The number of nitrogens with two attached hydrogens (primary N) is 1. The average Bonchev–Trinajstić information content (AvgIpc) is 3.08. The summed E-state index contributed by atoms with van der Waals surface area (Å²) in [7, 11) is 0. The lowest BCUT2D eigenvalue weighted by atomic mass is 10.1. The maximum absolute atomic E-state index is 5.62. The number of hydrogen-bond acceptors (Lipinski definition) is 6. The Labute approximate surface area is 126 Å². The largest absolute Gasteiger partial charge is 0.461 e. The van der Waals surface area contributed by atoms with Gasteiger partial charge in [-0.05, 0) is 30.7 Å². The minimum atomic E-state index is 0.493. The minimum Gasteiger partial charge on any atom is -0.461 e. The maximum Gasteiger partial charge on any atom is 0.205 e. The number of nitrogens with one attached hydrogen (secondary N) is 1. The van der Waals surface area contributed by atoms with Crippen LogP contribution in [0.3, 0.4) is 0 Å². The van der Waals surface area contributed by atoms with Gasteiger partial charge in [-0.3, -0.25) is 5.43 Å². The normalized spacial score (nSPS) is 11.1. The van der Waals surface area contributed by atoms with E-state index in [2.05, 4.69) is 15.5 Å². The van der Waals surface area contributed by atoms with Gasteiger partial charge in [0, 0.05) is 10.9 Å². The zero-order valence-electron chi connectivity index (χ0n) is 11.4. The Kier molecular flexibility index (Phi) is 3.70. The summed E-state index contributed by atoms with van der Waals surface area (Å²) >= 11 is 1.41.